The van der Waals surface area contributed by atoms with E-state index in [9.17, 15) is 14.0 Å². The summed E-state index contributed by atoms with van der Waals surface area (Å²) in [7, 11) is 0. The lowest BCUT2D eigenvalue weighted by molar-refractivity contribution is 0.0945. The first-order valence-corrected chi connectivity index (χ1v) is 11.2. The molecule has 2 amide bonds. The molecule has 176 valence electrons. The Kier molecular flexibility index (Phi) is 7.53. The predicted octanol–water partition coefficient (Wildman–Crippen LogP) is 5.86. The number of carbonyl (C=O) groups excluding carboxylic acids is 2. The Morgan fingerprint density at radius 2 is 1.54 bits per heavy atom. The van der Waals surface area contributed by atoms with Crippen molar-refractivity contribution < 1.29 is 18.7 Å². The maximum absolute atomic E-state index is 13.9. The normalized spacial score (nSPS) is 10.5. The highest BCUT2D eigenvalue weighted by Crippen LogP contribution is 2.29. The number of hydrogen-bond donors (Lipinski definition) is 2. The van der Waals surface area contributed by atoms with E-state index in [0.717, 1.165) is 22.4 Å². The lowest BCUT2D eigenvalue weighted by atomic mass is 10.1. The molecule has 0 unspecified atom stereocenters. The summed E-state index contributed by atoms with van der Waals surface area (Å²) >= 11 is 0. The number of hydrogen-bond acceptors (Lipinski definition) is 3. The second-order valence-electron chi connectivity index (χ2n) is 7.93. The second kappa shape index (κ2) is 11.1. The Labute approximate surface area is 203 Å². The van der Waals surface area contributed by atoms with Crippen molar-refractivity contribution in [2.24, 2.45) is 0 Å². The van der Waals surface area contributed by atoms with Gasteiger partial charge in [0.25, 0.3) is 11.8 Å². The molecule has 0 radical (unpaired) electrons. The van der Waals surface area contributed by atoms with Crippen molar-refractivity contribution in [1.29, 1.82) is 0 Å². The van der Waals surface area contributed by atoms with E-state index in [1.54, 1.807) is 31.2 Å². The summed E-state index contributed by atoms with van der Waals surface area (Å²) in [4.78, 5) is 25.2. The molecule has 6 heteroatoms. The average molecular weight is 469 g/mol. The minimum atomic E-state index is -0.606. The average Bonchev–Trinajstić information content (AvgIpc) is 2.88. The molecule has 0 aliphatic heterocycles. The van der Waals surface area contributed by atoms with Crippen LogP contribution in [-0.4, -0.2) is 25.0 Å². The molecule has 4 aromatic carbocycles. The maximum atomic E-state index is 13.9. The molecule has 0 fully saturated rings. The van der Waals surface area contributed by atoms with Crippen molar-refractivity contribution in [3.8, 4) is 16.9 Å². The van der Waals surface area contributed by atoms with Crippen LogP contribution in [0.1, 0.15) is 26.3 Å². The van der Waals surface area contributed by atoms with Gasteiger partial charge in [-0.3, -0.25) is 9.59 Å². The highest BCUT2D eigenvalue weighted by atomic mass is 19.1. The summed E-state index contributed by atoms with van der Waals surface area (Å²) in [6, 6.07) is 28.4. The van der Waals surface area contributed by atoms with Crippen molar-refractivity contribution in [2.75, 3.05) is 18.5 Å². The molecular formula is C29H25FN2O3. The number of anilines is 1. The summed E-state index contributed by atoms with van der Waals surface area (Å²) in [5.74, 6) is -0.743. The Balaban J connectivity index is 1.36. The summed E-state index contributed by atoms with van der Waals surface area (Å²) in [5, 5.41) is 5.52. The first-order valence-electron chi connectivity index (χ1n) is 11.2. The number of rotatable bonds is 8. The van der Waals surface area contributed by atoms with Gasteiger partial charge >= 0.3 is 0 Å². The molecule has 5 nitrogen and oxygen atoms in total. The van der Waals surface area contributed by atoms with E-state index in [4.69, 9.17) is 4.74 Å². The fourth-order valence-corrected chi connectivity index (χ4v) is 3.61. The second-order valence-corrected chi connectivity index (χ2v) is 7.93. The molecule has 35 heavy (non-hydrogen) atoms. The van der Waals surface area contributed by atoms with Gasteiger partial charge in [-0.2, -0.15) is 0 Å². The Bertz CT molecular complexity index is 1340. The van der Waals surface area contributed by atoms with E-state index >= 15 is 0 Å². The number of ether oxygens (including phenoxy) is 1. The molecule has 0 aromatic heterocycles. The number of amides is 2. The fourth-order valence-electron chi connectivity index (χ4n) is 3.61. The van der Waals surface area contributed by atoms with Crippen molar-refractivity contribution >= 4 is 17.5 Å². The molecule has 0 aliphatic rings. The van der Waals surface area contributed by atoms with Crippen LogP contribution in [0.3, 0.4) is 0 Å². The minimum Gasteiger partial charge on any atom is -0.491 e. The third-order valence-electron chi connectivity index (χ3n) is 5.48. The molecule has 0 saturated heterocycles. The van der Waals surface area contributed by atoms with Crippen LogP contribution < -0.4 is 15.4 Å². The Hall–Kier alpha value is -4.45. The molecular weight excluding hydrogens is 443 g/mol. The quantitative estimate of drug-likeness (QED) is 0.318. The van der Waals surface area contributed by atoms with Gasteiger partial charge in [0.15, 0.2) is 0 Å². The van der Waals surface area contributed by atoms with E-state index in [2.05, 4.69) is 10.6 Å². The van der Waals surface area contributed by atoms with Crippen molar-refractivity contribution in [3.63, 3.8) is 0 Å². The monoisotopic (exact) mass is 468 g/mol. The number of benzene rings is 4. The minimum absolute atomic E-state index is 0.0605. The van der Waals surface area contributed by atoms with E-state index in [0.29, 0.717) is 24.4 Å². The molecule has 4 rings (SSSR count). The molecule has 2 N–H and O–H groups in total. The van der Waals surface area contributed by atoms with Crippen molar-refractivity contribution in [2.45, 2.75) is 6.92 Å². The van der Waals surface area contributed by atoms with Crippen LogP contribution in [0.4, 0.5) is 10.1 Å². The number of carbonyl (C=O) groups is 2. The smallest absolute Gasteiger partial charge is 0.258 e. The molecule has 0 heterocycles. The molecule has 0 aliphatic carbocycles. The number of halogens is 1. The van der Waals surface area contributed by atoms with Gasteiger partial charge in [-0.15, -0.1) is 0 Å². The summed E-state index contributed by atoms with van der Waals surface area (Å²) in [6.07, 6.45) is 0. The summed E-state index contributed by atoms with van der Waals surface area (Å²) in [5.41, 5.74) is 3.55. The van der Waals surface area contributed by atoms with E-state index in [1.807, 2.05) is 54.6 Å². The van der Waals surface area contributed by atoms with Crippen LogP contribution in [0.2, 0.25) is 0 Å². The highest BCUT2D eigenvalue weighted by Gasteiger charge is 2.14. The largest absolute Gasteiger partial charge is 0.491 e. The molecule has 4 aromatic rings. The van der Waals surface area contributed by atoms with Crippen LogP contribution in [0.25, 0.3) is 11.1 Å². The summed E-state index contributed by atoms with van der Waals surface area (Å²) in [6.45, 7) is 2.39. The van der Waals surface area contributed by atoms with E-state index in [1.165, 1.54) is 18.2 Å². The zero-order valence-electron chi connectivity index (χ0n) is 19.3. The van der Waals surface area contributed by atoms with Crippen LogP contribution in [0, 0.1) is 12.7 Å². The third-order valence-corrected chi connectivity index (χ3v) is 5.48. The first kappa shape index (κ1) is 23.7. The lowest BCUT2D eigenvalue weighted by Crippen LogP contribution is -2.28. The Morgan fingerprint density at radius 1 is 0.829 bits per heavy atom. The van der Waals surface area contributed by atoms with Gasteiger partial charge in [-0.1, -0.05) is 66.7 Å². The van der Waals surface area contributed by atoms with Crippen molar-refractivity contribution in [3.05, 3.63) is 120 Å². The molecule has 0 spiro atoms. The number of aryl methyl sites for hydroxylation is 1. The third kappa shape index (κ3) is 5.92. The van der Waals surface area contributed by atoms with Gasteiger partial charge in [0.1, 0.15) is 18.2 Å². The van der Waals surface area contributed by atoms with E-state index in [-0.39, 0.29) is 11.5 Å². The van der Waals surface area contributed by atoms with Gasteiger partial charge in [0.2, 0.25) is 0 Å². The summed E-state index contributed by atoms with van der Waals surface area (Å²) < 4.78 is 19.9. The highest BCUT2D eigenvalue weighted by molar-refractivity contribution is 6.05. The molecule has 0 atom stereocenters. The van der Waals surface area contributed by atoms with Crippen LogP contribution in [-0.2, 0) is 0 Å². The zero-order chi connectivity index (χ0) is 24.6. The van der Waals surface area contributed by atoms with Crippen molar-refractivity contribution in [1.82, 2.24) is 5.32 Å². The maximum Gasteiger partial charge on any atom is 0.258 e. The molecule has 0 bridgehead atoms. The van der Waals surface area contributed by atoms with Gasteiger partial charge in [-0.25, -0.2) is 4.39 Å². The van der Waals surface area contributed by atoms with E-state index < -0.39 is 11.7 Å². The van der Waals surface area contributed by atoms with Gasteiger partial charge in [0, 0.05) is 16.8 Å². The topological polar surface area (TPSA) is 67.4 Å². The fraction of sp³-hybridized carbons (Fsp3) is 0.103. The van der Waals surface area contributed by atoms with Gasteiger partial charge in [0.05, 0.1) is 12.1 Å². The van der Waals surface area contributed by atoms with Gasteiger partial charge < -0.3 is 15.4 Å². The van der Waals surface area contributed by atoms with Crippen LogP contribution in [0.15, 0.2) is 97.1 Å². The SMILES string of the molecule is Cc1ccc(C(=O)NCCOc2ccccc2-c2ccccc2)cc1NC(=O)c1ccccc1F. The zero-order valence-corrected chi connectivity index (χ0v) is 19.3. The molecule has 0 saturated carbocycles. The number of nitrogens with one attached hydrogen (secondary N) is 2. The first-order chi connectivity index (χ1) is 17.0. The Morgan fingerprint density at radius 3 is 2.34 bits per heavy atom. The predicted molar refractivity (Wildman–Crippen MR) is 135 cm³/mol. The number of para-hydroxylation sites is 1. The standard InChI is InChI=1S/C29H25FN2O3/c1-20-15-16-22(19-26(20)32-29(34)24-12-5-7-13-25(24)30)28(33)31-17-18-35-27-14-8-6-11-23(27)21-9-3-2-4-10-21/h2-16,19H,17-18H2,1H3,(H,31,33)(H,32,34). The lowest BCUT2D eigenvalue weighted by Gasteiger charge is -2.13. The van der Waals surface area contributed by atoms with Gasteiger partial charge in [-0.05, 0) is 48.4 Å². The van der Waals surface area contributed by atoms with Crippen LogP contribution >= 0.6 is 0 Å². The van der Waals surface area contributed by atoms with Crippen LogP contribution in [0.5, 0.6) is 5.75 Å².